The SMILES string of the molecule is CC.CNCC(C)(C)CCC(C)(C(=O)OC)c1cccc(C)c1. The van der Waals surface area contributed by atoms with Crippen molar-refractivity contribution in [1.82, 2.24) is 5.32 Å². The fraction of sp³-hybridized carbons (Fsp3) is 0.650. The number of carbonyl (C=O) groups excluding carboxylic acids is 1. The summed E-state index contributed by atoms with van der Waals surface area (Å²) in [5, 5.41) is 3.22. The second-order valence-electron chi connectivity index (χ2n) is 6.89. The maximum absolute atomic E-state index is 12.4. The van der Waals surface area contributed by atoms with E-state index >= 15 is 0 Å². The van der Waals surface area contributed by atoms with E-state index in [9.17, 15) is 4.79 Å². The van der Waals surface area contributed by atoms with Gasteiger partial charge in [0.15, 0.2) is 0 Å². The lowest BCUT2D eigenvalue weighted by Gasteiger charge is -2.32. The summed E-state index contributed by atoms with van der Waals surface area (Å²) in [7, 11) is 3.43. The Bertz CT molecular complexity index is 482. The Kier molecular flexibility index (Phi) is 9.14. The first kappa shape index (κ1) is 21.6. The first-order valence-corrected chi connectivity index (χ1v) is 8.55. The molecule has 0 aromatic heterocycles. The van der Waals surface area contributed by atoms with E-state index in [1.165, 1.54) is 7.11 Å². The van der Waals surface area contributed by atoms with Gasteiger partial charge in [0, 0.05) is 0 Å². The Labute approximate surface area is 142 Å². The van der Waals surface area contributed by atoms with Crippen molar-refractivity contribution < 1.29 is 9.53 Å². The molecule has 0 saturated heterocycles. The molecular weight excluding hydrogens is 286 g/mol. The van der Waals surface area contributed by atoms with E-state index in [-0.39, 0.29) is 11.4 Å². The van der Waals surface area contributed by atoms with Crippen molar-refractivity contribution >= 4 is 5.97 Å². The second kappa shape index (κ2) is 9.71. The highest BCUT2D eigenvalue weighted by atomic mass is 16.5. The average Bonchev–Trinajstić information content (AvgIpc) is 2.53. The van der Waals surface area contributed by atoms with Gasteiger partial charge in [-0.05, 0) is 51.3 Å². The lowest BCUT2D eigenvalue weighted by molar-refractivity contribution is -0.147. The van der Waals surface area contributed by atoms with Gasteiger partial charge < -0.3 is 10.1 Å². The average molecular weight is 322 g/mol. The van der Waals surface area contributed by atoms with Gasteiger partial charge in [-0.25, -0.2) is 0 Å². The molecule has 0 fully saturated rings. The largest absolute Gasteiger partial charge is 0.468 e. The van der Waals surface area contributed by atoms with E-state index in [0.717, 1.165) is 30.5 Å². The maximum atomic E-state index is 12.4. The predicted molar refractivity (Wildman–Crippen MR) is 98.8 cm³/mol. The fourth-order valence-electron chi connectivity index (χ4n) is 2.73. The molecule has 0 saturated carbocycles. The zero-order chi connectivity index (χ0) is 18.1. The first-order chi connectivity index (χ1) is 10.7. The van der Waals surface area contributed by atoms with E-state index < -0.39 is 5.41 Å². The van der Waals surface area contributed by atoms with Crippen molar-refractivity contribution in [3.63, 3.8) is 0 Å². The number of hydrogen-bond acceptors (Lipinski definition) is 3. The number of aryl methyl sites for hydroxylation is 1. The summed E-state index contributed by atoms with van der Waals surface area (Å²) < 4.78 is 5.08. The van der Waals surface area contributed by atoms with Gasteiger partial charge in [0.2, 0.25) is 0 Å². The van der Waals surface area contributed by atoms with E-state index in [1.807, 2.05) is 52.9 Å². The summed E-state index contributed by atoms with van der Waals surface area (Å²) in [5.74, 6) is -0.159. The Hall–Kier alpha value is -1.35. The molecule has 1 aromatic carbocycles. The van der Waals surface area contributed by atoms with Crippen LogP contribution in [0.1, 0.15) is 58.6 Å². The van der Waals surface area contributed by atoms with Crippen LogP contribution in [0.2, 0.25) is 0 Å². The molecule has 0 radical (unpaired) electrons. The Morgan fingerprint density at radius 2 is 1.78 bits per heavy atom. The summed E-state index contributed by atoms with van der Waals surface area (Å²) in [4.78, 5) is 12.4. The number of hydrogen-bond donors (Lipinski definition) is 1. The quantitative estimate of drug-likeness (QED) is 0.753. The molecule has 3 heteroatoms. The summed E-state index contributed by atoms with van der Waals surface area (Å²) in [6, 6.07) is 8.16. The van der Waals surface area contributed by atoms with E-state index in [1.54, 1.807) is 0 Å². The molecule has 0 aliphatic heterocycles. The smallest absolute Gasteiger partial charge is 0.315 e. The van der Waals surface area contributed by atoms with Gasteiger partial charge in [0.25, 0.3) is 0 Å². The van der Waals surface area contributed by atoms with Crippen molar-refractivity contribution in [2.24, 2.45) is 5.41 Å². The minimum atomic E-state index is -0.591. The molecule has 1 rings (SSSR count). The topological polar surface area (TPSA) is 38.3 Å². The van der Waals surface area contributed by atoms with Crippen molar-refractivity contribution in [2.75, 3.05) is 20.7 Å². The van der Waals surface area contributed by atoms with E-state index in [0.29, 0.717) is 0 Å². The minimum absolute atomic E-state index is 0.147. The molecule has 0 amide bonds. The summed E-state index contributed by atoms with van der Waals surface area (Å²) in [6.45, 7) is 13.4. The molecule has 0 heterocycles. The second-order valence-corrected chi connectivity index (χ2v) is 6.89. The summed E-state index contributed by atoms with van der Waals surface area (Å²) in [5.41, 5.74) is 1.76. The number of nitrogens with one attached hydrogen (secondary N) is 1. The van der Waals surface area contributed by atoms with Crippen LogP contribution in [0.25, 0.3) is 0 Å². The molecule has 1 unspecified atom stereocenters. The van der Waals surface area contributed by atoms with Gasteiger partial charge in [0.1, 0.15) is 0 Å². The highest BCUT2D eigenvalue weighted by molar-refractivity contribution is 5.82. The molecule has 0 spiro atoms. The first-order valence-electron chi connectivity index (χ1n) is 8.55. The van der Waals surface area contributed by atoms with Gasteiger partial charge in [-0.15, -0.1) is 0 Å². The van der Waals surface area contributed by atoms with Gasteiger partial charge in [-0.1, -0.05) is 57.5 Å². The number of esters is 1. The number of benzene rings is 1. The number of rotatable bonds is 7. The highest BCUT2D eigenvalue weighted by Crippen LogP contribution is 2.35. The Balaban J connectivity index is 0.00000232. The standard InChI is InChI=1S/C18H29NO2.C2H6/c1-14-8-7-9-15(12-14)18(4,16(20)21-6)11-10-17(2,3)13-19-5;1-2/h7-9,12,19H,10-11,13H2,1-6H3;1-2H3. The molecule has 132 valence electrons. The molecule has 23 heavy (non-hydrogen) atoms. The van der Waals surface area contributed by atoms with Gasteiger partial charge in [0.05, 0.1) is 12.5 Å². The molecular formula is C20H35NO2. The number of ether oxygens (including phenoxy) is 1. The third kappa shape index (κ3) is 6.34. The molecule has 1 N–H and O–H groups in total. The van der Waals surface area contributed by atoms with Gasteiger partial charge in [-0.3, -0.25) is 4.79 Å². The van der Waals surface area contributed by atoms with Gasteiger partial charge >= 0.3 is 5.97 Å². The molecule has 1 atom stereocenters. The van der Waals surface area contributed by atoms with Crippen LogP contribution < -0.4 is 5.32 Å². The Morgan fingerprint density at radius 1 is 1.17 bits per heavy atom. The fourth-order valence-corrected chi connectivity index (χ4v) is 2.73. The van der Waals surface area contributed by atoms with Crippen molar-refractivity contribution in [3.05, 3.63) is 35.4 Å². The molecule has 3 nitrogen and oxygen atoms in total. The van der Waals surface area contributed by atoms with Crippen LogP contribution in [0.5, 0.6) is 0 Å². The van der Waals surface area contributed by atoms with E-state index in [2.05, 4.69) is 25.2 Å². The van der Waals surface area contributed by atoms with Crippen molar-refractivity contribution in [3.8, 4) is 0 Å². The normalized spacial score (nSPS) is 13.6. The van der Waals surface area contributed by atoms with Crippen molar-refractivity contribution in [2.45, 2.75) is 59.8 Å². The third-order valence-corrected chi connectivity index (χ3v) is 4.25. The zero-order valence-corrected chi connectivity index (χ0v) is 16.2. The predicted octanol–water partition coefficient (Wildman–Crippen LogP) is 4.48. The van der Waals surface area contributed by atoms with Crippen LogP contribution in [-0.4, -0.2) is 26.7 Å². The van der Waals surface area contributed by atoms with E-state index in [4.69, 9.17) is 4.74 Å². The third-order valence-electron chi connectivity index (χ3n) is 4.25. The van der Waals surface area contributed by atoms with Gasteiger partial charge in [-0.2, -0.15) is 0 Å². The van der Waals surface area contributed by atoms with Crippen LogP contribution in [0.3, 0.4) is 0 Å². The maximum Gasteiger partial charge on any atom is 0.315 e. The number of carbonyl (C=O) groups is 1. The molecule has 0 bridgehead atoms. The van der Waals surface area contributed by atoms with Crippen LogP contribution >= 0.6 is 0 Å². The zero-order valence-electron chi connectivity index (χ0n) is 16.2. The van der Waals surface area contributed by atoms with Crippen LogP contribution in [0.4, 0.5) is 0 Å². The highest BCUT2D eigenvalue weighted by Gasteiger charge is 2.37. The van der Waals surface area contributed by atoms with Crippen LogP contribution in [-0.2, 0) is 14.9 Å². The molecule has 1 aromatic rings. The lowest BCUT2D eigenvalue weighted by Crippen LogP contribution is -2.36. The lowest BCUT2D eigenvalue weighted by atomic mass is 9.73. The molecule has 0 aliphatic carbocycles. The minimum Gasteiger partial charge on any atom is -0.468 e. The number of methoxy groups -OCH3 is 1. The monoisotopic (exact) mass is 321 g/mol. The van der Waals surface area contributed by atoms with Crippen molar-refractivity contribution in [1.29, 1.82) is 0 Å². The molecule has 0 aliphatic rings. The summed E-state index contributed by atoms with van der Waals surface area (Å²) >= 11 is 0. The van der Waals surface area contributed by atoms with Crippen LogP contribution in [0.15, 0.2) is 24.3 Å². The summed E-state index contributed by atoms with van der Waals surface area (Å²) in [6.07, 6.45) is 1.73. The van der Waals surface area contributed by atoms with Crippen LogP contribution in [0, 0.1) is 12.3 Å². The Morgan fingerprint density at radius 3 is 2.26 bits per heavy atom.